The maximum absolute atomic E-state index is 11.5. The fourth-order valence-electron chi connectivity index (χ4n) is 2.07. The Morgan fingerprint density at radius 3 is 2.64 bits per heavy atom. The molecule has 1 atom stereocenters. The summed E-state index contributed by atoms with van der Waals surface area (Å²) in [5, 5.41) is 0. The molecule has 1 aliphatic carbocycles. The molecule has 0 aromatic heterocycles. The minimum absolute atomic E-state index is 0.128. The molecule has 1 rings (SSSR count). The van der Waals surface area contributed by atoms with Gasteiger partial charge in [-0.3, -0.25) is 4.79 Å². The van der Waals surface area contributed by atoms with Crippen LogP contribution in [0.15, 0.2) is 11.6 Å². The lowest BCUT2D eigenvalue weighted by Crippen LogP contribution is -2.25. The van der Waals surface area contributed by atoms with Crippen molar-refractivity contribution >= 4 is 5.78 Å². The molecule has 0 bridgehead atoms. The number of hydrogen-bond acceptors (Lipinski definition) is 2. The lowest BCUT2D eigenvalue weighted by molar-refractivity contribution is -0.117. The van der Waals surface area contributed by atoms with Crippen molar-refractivity contribution in [1.82, 2.24) is 0 Å². The lowest BCUT2D eigenvalue weighted by atomic mass is 9.74. The van der Waals surface area contributed by atoms with Crippen LogP contribution in [0.5, 0.6) is 0 Å². The van der Waals surface area contributed by atoms with E-state index in [-0.39, 0.29) is 11.2 Å². The molecule has 0 aromatic carbocycles. The molecular formula is C12H20O2. The second-order valence-electron chi connectivity index (χ2n) is 5.06. The molecule has 0 radical (unpaired) electrons. The van der Waals surface area contributed by atoms with E-state index in [0.29, 0.717) is 18.9 Å². The summed E-state index contributed by atoms with van der Waals surface area (Å²) in [6, 6.07) is 0. The molecule has 0 spiro atoms. The zero-order valence-corrected chi connectivity index (χ0v) is 9.59. The first-order valence-electron chi connectivity index (χ1n) is 5.17. The highest BCUT2D eigenvalue weighted by molar-refractivity contribution is 5.91. The molecule has 0 N–H and O–H groups in total. The molecule has 14 heavy (non-hydrogen) atoms. The smallest absolute Gasteiger partial charge is 0.156 e. The number of methoxy groups -OCH3 is 1. The second-order valence-corrected chi connectivity index (χ2v) is 5.06. The molecule has 2 nitrogen and oxygen atoms in total. The van der Waals surface area contributed by atoms with Crippen LogP contribution in [0.4, 0.5) is 0 Å². The third kappa shape index (κ3) is 2.95. The van der Waals surface area contributed by atoms with Crippen LogP contribution in [-0.4, -0.2) is 19.5 Å². The highest BCUT2D eigenvalue weighted by Crippen LogP contribution is 2.36. The normalized spacial score (nSPS) is 23.1. The van der Waals surface area contributed by atoms with Crippen LogP contribution in [-0.2, 0) is 9.53 Å². The van der Waals surface area contributed by atoms with Crippen molar-refractivity contribution in [3.63, 3.8) is 0 Å². The van der Waals surface area contributed by atoms with Gasteiger partial charge in [0.25, 0.3) is 0 Å². The van der Waals surface area contributed by atoms with Gasteiger partial charge >= 0.3 is 0 Å². The van der Waals surface area contributed by atoms with Crippen LogP contribution < -0.4 is 0 Å². The Kier molecular flexibility index (Phi) is 3.48. The Bertz CT molecular complexity index is 251. The summed E-state index contributed by atoms with van der Waals surface area (Å²) in [4.78, 5) is 11.5. The van der Waals surface area contributed by atoms with Crippen molar-refractivity contribution in [1.29, 1.82) is 0 Å². The third-order valence-electron chi connectivity index (χ3n) is 2.73. The summed E-state index contributed by atoms with van der Waals surface area (Å²) in [6.45, 7) is 7.12. The predicted octanol–water partition coefficient (Wildman–Crippen LogP) is 2.58. The Morgan fingerprint density at radius 1 is 1.50 bits per heavy atom. The molecule has 1 aliphatic rings. The van der Waals surface area contributed by atoms with Crippen LogP contribution in [0.1, 0.15) is 33.6 Å². The van der Waals surface area contributed by atoms with Gasteiger partial charge in [0.2, 0.25) is 0 Å². The van der Waals surface area contributed by atoms with E-state index in [0.717, 1.165) is 6.42 Å². The molecule has 0 saturated carbocycles. The van der Waals surface area contributed by atoms with Gasteiger partial charge in [-0.05, 0) is 17.9 Å². The maximum Gasteiger partial charge on any atom is 0.156 e. The Hall–Kier alpha value is -0.630. The van der Waals surface area contributed by atoms with Crippen molar-refractivity contribution in [3.8, 4) is 0 Å². The minimum atomic E-state index is 0.128. The molecular weight excluding hydrogens is 176 g/mol. The second kappa shape index (κ2) is 4.26. The number of ketones is 1. The average Bonchev–Trinajstić information content (AvgIpc) is 2.00. The van der Waals surface area contributed by atoms with E-state index in [1.54, 1.807) is 7.11 Å². The Morgan fingerprint density at radius 2 is 2.14 bits per heavy atom. The lowest BCUT2D eigenvalue weighted by Gasteiger charge is -2.31. The highest BCUT2D eigenvalue weighted by Gasteiger charge is 2.29. The quantitative estimate of drug-likeness (QED) is 0.693. The maximum atomic E-state index is 11.5. The van der Waals surface area contributed by atoms with Gasteiger partial charge in [0, 0.05) is 19.4 Å². The van der Waals surface area contributed by atoms with E-state index in [4.69, 9.17) is 4.74 Å². The van der Waals surface area contributed by atoms with Crippen molar-refractivity contribution < 1.29 is 9.53 Å². The van der Waals surface area contributed by atoms with Gasteiger partial charge < -0.3 is 4.74 Å². The fourth-order valence-corrected chi connectivity index (χ4v) is 2.07. The average molecular weight is 196 g/mol. The van der Waals surface area contributed by atoms with Crippen LogP contribution in [0.2, 0.25) is 0 Å². The van der Waals surface area contributed by atoms with E-state index in [1.165, 1.54) is 5.57 Å². The van der Waals surface area contributed by atoms with Gasteiger partial charge in [-0.1, -0.05) is 26.3 Å². The van der Waals surface area contributed by atoms with Crippen LogP contribution in [0, 0.1) is 11.3 Å². The number of rotatable bonds is 3. The fraction of sp³-hybridized carbons (Fsp3) is 0.750. The molecule has 2 heteroatoms. The Labute approximate surface area is 86.3 Å². The molecule has 0 aromatic rings. The minimum Gasteiger partial charge on any atom is -0.384 e. The van der Waals surface area contributed by atoms with E-state index in [9.17, 15) is 4.79 Å². The van der Waals surface area contributed by atoms with Gasteiger partial charge in [0.1, 0.15) is 0 Å². The molecule has 0 heterocycles. The number of carbonyl (C=O) groups is 1. The highest BCUT2D eigenvalue weighted by atomic mass is 16.5. The molecule has 0 fully saturated rings. The summed E-state index contributed by atoms with van der Waals surface area (Å²) in [5.74, 6) is 0.628. The predicted molar refractivity (Wildman–Crippen MR) is 57.1 cm³/mol. The van der Waals surface area contributed by atoms with E-state index >= 15 is 0 Å². The van der Waals surface area contributed by atoms with Gasteiger partial charge in [-0.15, -0.1) is 0 Å². The zero-order chi connectivity index (χ0) is 10.8. The topological polar surface area (TPSA) is 26.3 Å². The molecule has 0 aliphatic heterocycles. The number of allylic oxidation sites excluding steroid dienone is 1. The zero-order valence-electron chi connectivity index (χ0n) is 9.59. The monoisotopic (exact) mass is 196 g/mol. The SMILES string of the molecule is COCC(C)C1=CC(=O)CC(C)(C)C1. The molecule has 1 unspecified atom stereocenters. The van der Waals surface area contributed by atoms with Gasteiger partial charge in [-0.2, -0.15) is 0 Å². The summed E-state index contributed by atoms with van der Waals surface area (Å²) in [5.41, 5.74) is 1.37. The summed E-state index contributed by atoms with van der Waals surface area (Å²) < 4.78 is 5.11. The first-order chi connectivity index (χ1) is 6.44. The van der Waals surface area contributed by atoms with Crippen LogP contribution in [0.3, 0.4) is 0 Å². The summed E-state index contributed by atoms with van der Waals surface area (Å²) in [6.07, 6.45) is 3.51. The number of ether oxygens (including phenoxy) is 1. The number of carbonyl (C=O) groups excluding carboxylic acids is 1. The standard InChI is InChI=1S/C12H20O2/c1-9(8-14-4)10-5-11(13)7-12(2,3)6-10/h5,9H,6-8H2,1-4H3. The largest absolute Gasteiger partial charge is 0.384 e. The van der Waals surface area contributed by atoms with Gasteiger partial charge in [0.15, 0.2) is 5.78 Å². The first-order valence-corrected chi connectivity index (χ1v) is 5.17. The Balaban J connectivity index is 2.73. The molecule has 80 valence electrons. The van der Waals surface area contributed by atoms with Gasteiger partial charge in [-0.25, -0.2) is 0 Å². The summed E-state index contributed by atoms with van der Waals surface area (Å²) >= 11 is 0. The van der Waals surface area contributed by atoms with Crippen LogP contribution in [0.25, 0.3) is 0 Å². The van der Waals surface area contributed by atoms with Crippen molar-refractivity contribution in [2.45, 2.75) is 33.6 Å². The van der Waals surface area contributed by atoms with Crippen LogP contribution >= 0.6 is 0 Å². The first kappa shape index (κ1) is 11.4. The van der Waals surface area contributed by atoms with E-state index in [1.807, 2.05) is 6.08 Å². The third-order valence-corrected chi connectivity index (χ3v) is 2.73. The number of hydrogen-bond donors (Lipinski definition) is 0. The molecule has 0 amide bonds. The van der Waals surface area contributed by atoms with E-state index in [2.05, 4.69) is 20.8 Å². The van der Waals surface area contributed by atoms with E-state index < -0.39 is 0 Å². The van der Waals surface area contributed by atoms with Crippen molar-refractivity contribution in [2.75, 3.05) is 13.7 Å². The van der Waals surface area contributed by atoms with Crippen molar-refractivity contribution in [3.05, 3.63) is 11.6 Å². The van der Waals surface area contributed by atoms with Crippen molar-refractivity contribution in [2.24, 2.45) is 11.3 Å². The molecule has 0 saturated heterocycles. The van der Waals surface area contributed by atoms with Gasteiger partial charge in [0.05, 0.1) is 6.61 Å². The summed E-state index contributed by atoms with van der Waals surface area (Å²) in [7, 11) is 1.70.